The zero-order valence-corrected chi connectivity index (χ0v) is 13.8. The van der Waals surface area contributed by atoms with Gasteiger partial charge in [-0.25, -0.2) is 0 Å². The minimum atomic E-state index is -4.82. The number of piperazine rings is 1. The van der Waals surface area contributed by atoms with E-state index in [2.05, 4.69) is 5.32 Å². The lowest BCUT2D eigenvalue weighted by atomic mass is 9.94. The Kier molecular flexibility index (Phi) is 6.95. The summed E-state index contributed by atoms with van der Waals surface area (Å²) in [6.07, 6.45) is -9.22. The molecular formula is C15H19ClF6N2. The van der Waals surface area contributed by atoms with Crippen LogP contribution in [-0.2, 0) is 12.4 Å². The number of hydrogen-bond donors (Lipinski definition) is 1. The number of rotatable bonds is 3. The van der Waals surface area contributed by atoms with Crippen LogP contribution in [0.2, 0.25) is 0 Å². The molecule has 24 heavy (non-hydrogen) atoms. The summed E-state index contributed by atoms with van der Waals surface area (Å²) in [4.78, 5) is 1.88. The minimum absolute atomic E-state index is 0. The average Bonchev–Trinajstić information content (AvgIpc) is 2.47. The normalized spacial score (nSPS) is 18.1. The maximum Gasteiger partial charge on any atom is 0.416 e. The van der Waals surface area contributed by atoms with Crippen LogP contribution in [-0.4, -0.2) is 31.1 Å². The lowest BCUT2D eigenvalue weighted by Crippen LogP contribution is -2.45. The van der Waals surface area contributed by atoms with Gasteiger partial charge in [-0.3, -0.25) is 4.90 Å². The topological polar surface area (TPSA) is 15.3 Å². The first-order valence-corrected chi connectivity index (χ1v) is 7.37. The summed E-state index contributed by atoms with van der Waals surface area (Å²) < 4.78 is 78.1. The summed E-state index contributed by atoms with van der Waals surface area (Å²) in [5.41, 5.74) is -2.56. The summed E-state index contributed by atoms with van der Waals surface area (Å²) in [6, 6.07) is 1.38. The van der Waals surface area contributed by atoms with E-state index in [9.17, 15) is 26.3 Å². The molecule has 9 heteroatoms. The second-order valence-electron chi connectivity index (χ2n) is 5.51. The third kappa shape index (κ3) is 4.77. The molecular weight excluding hydrogens is 358 g/mol. The van der Waals surface area contributed by atoms with Gasteiger partial charge in [0.05, 0.1) is 11.1 Å². The molecule has 0 saturated carbocycles. The highest BCUT2D eigenvalue weighted by Gasteiger charge is 2.40. The van der Waals surface area contributed by atoms with Gasteiger partial charge in [0, 0.05) is 32.2 Å². The fourth-order valence-electron chi connectivity index (χ4n) is 2.94. The van der Waals surface area contributed by atoms with Gasteiger partial charge in [-0.05, 0) is 24.1 Å². The van der Waals surface area contributed by atoms with Crippen LogP contribution in [0.25, 0.3) is 0 Å². The van der Waals surface area contributed by atoms with Gasteiger partial charge in [0.1, 0.15) is 0 Å². The van der Waals surface area contributed by atoms with Crippen LogP contribution in [0.3, 0.4) is 0 Å². The van der Waals surface area contributed by atoms with Crippen molar-refractivity contribution in [2.24, 2.45) is 0 Å². The predicted molar refractivity (Wildman–Crippen MR) is 81.2 cm³/mol. The third-order valence-corrected chi connectivity index (χ3v) is 4.02. The van der Waals surface area contributed by atoms with E-state index in [0.717, 1.165) is 12.1 Å². The van der Waals surface area contributed by atoms with Gasteiger partial charge in [-0.2, -0.15) is 26.3 Å². The largest absolute Gasteiger partial charge is 0.416 e. The Morgan fingerprint density at radius 1 is 1.04 bits per heavy atom. The maximum atomic E-state index is 13.3. The molecule has 1 heterocycles. The van der Waals surface area contributed by atoms with Gasteiger partial charge in [0.2, 0.25) is 0 Å². The van der Waals surface area contributed by atoms with Crippen molar-refractivity contribution in [1.82, 2.24) is 10.2 Å². The zero-order valence-electron chi connectivity index (χ0n) is 13.0. The highest BCUT2D eigenvalue weighted by atomic mass is 35.5. The Bertz CT molecular complexity index is 538. The van der Waals surface area contributed by atoms with Gasteiger partial charge < -0.3 is 5.32 Å². The molecule has 1 aromatic rings. The molecule has 0 aliphatic carbocycles. The molecule has 138 valence electrons. The molecule has 1 N–H and O–H groups in total. The van der Waals surface area contributed by atoms with Crippen LogP contribution < -0.4 is 5.32 Å². The molecule has 0 amide bonds. The fourth-order valence-corrected chi connectivity index (χ4v) is 2.94. The summed E-state index contributed by atoms with van der Waals surface area (Å²) in [5.74, 6) is 0. The monoisotopic (exact) mass is 376 g/mol. The highest BCUT2D eigenvalue weighted by molar-refractivity contribution is 5.85. The summed E-state index contributed by atoms with van der Waals surface area (Å²) >= 11 is 0. The van der Waals surface area contributed by atoms with E-state index in [1.807, 2.05) is 4.90 Å². The molecule has 0 spiro atoms. The SMILES string of the molecule is CC[C@H](c1ccc(C(F)(F)F)cc1C(F)(F)F)N1CCNCC1.Cl. The molecule has 0 aromatic heterocycles. The quantitative estimate of drug-likeness (QED) is 0.781. The van der Waals surface area contributed by atoms with Gasteiger partial charge >= 0.3 is 12.4 Å². The molecule has 2 nitrogen and oxygen atoms in total. The van der Waals surface area contributed by atoms with Gasteiger partial charge in [-0.15, -0.1) is 12.4 Å². The molecule has 1 aliphatic rings. The van der Waals surface area contributed by atoms with E-state index >= 15 is 0 Å². The number of alkyl halides is 6. The Labute approximate surface area is 142 Å². The maximum absolute atomic E-state index is 13.3. The molecule has 1 aliphatic heterocycles. The number of nitrogens with zero attached hydrogens (tertiary/aromatic N) is 1. The van der Waals surface area contributed by atoms with E-state index in [1.165, 1.54) is 0 Å². The number of nitrogens with one attached hydrogen (secondary N) is 1. The molecule has 0 bridgehead atoms. The van der Waals surface area contributed by atoms with Crippen molar-refractivity contribution in [2.75, 3.05) is 26.2 Å². The molecule has 1 atom stereocenters. The highest BCUT2D eigenvalue weighted by Crippen LogP contribution is 2.41. The summed E-state index contributed by atoms with van der Waals surface area (Å²) in [6.45, 7) is 4.18. The lowest BCUT2D eigenvalue weighted by molar-refractivity contribution is -0.143. The van der Waals surface area contributed by atoms with E-state index < -0.39 is 29.5 Å². The average molecular weight is 377 g/mol. The van der Waals surface area contributed by atoms with Crippen LogP contribution in [0.5, 0.6) is 0 Å². The van der Waals surface area contributed by atoms with Gasteiger partial charge in [-0.1, -0.05) is 13.0 Å². The van der Waals surface area contributed by atoms with Crippen LogP contribution >= 0.6 is 12.4 Å². The third-order valence-electron chi connectivity index (χ3n) is 4.02. The van der Waals surface area contributed by atoms with Crippen LogP contribution in [0.4, 0.5) is 26.3 Å². The summed E-state index contributed by atoms with van der Waals surface area (Å²) in [5, 5.41) is 3.11. The van der Waals surface area contributed by atoms with E-state index in [0.29, 0.717) is 32.6 Å². The van der Waals surface area contributed by atoms with Gasteiger partial charge in [0.15, 0.2) is 0 Å². The van der Waals surface area contributed by atoms with Crippen molar-refractivity contribution < 1.29 is 26.3 Å². The van der Waals surface area contributed by atoms with E-state index in [1.54, 1.807) is 6.92 Å². The van der Waals surface area contributed by atoms with E-state index in [-0.39, 0.29) is 24.0 Å². The number of hydrogen-bond acceptors (Lipinski definition) is 2. The second-order valence-corrected chi connectivity index (χ2v) is 5.51. The van der Waals surface area contributed by atoms with Crippen LogP contribution in [0.15, 0.2) is 18.2 Å². The van der Waals surface area contributed by atoms with Crippen molar-refractivity contribution in [3.8, 4) is 0 Å². The standard InChI is InChI=1S/C15H18F6N2.ClH/c1-2-13(23-7-5-22-6-8-23)11-4-3-10(14(16,17)18)9-12(11)15(19,20)21;/h3-4,9,13,22H,2,5-8H2,1H3;1H/t13-;/m1./s1. The first-order valence-electron chi connectivity index (χ1n) is 7.37. The molecule has 1 aromatic carbocycles. The Morgan fingerprint density at radius 2 is 1.62 bits per heavy atom. The molecule has 0 radical (unpaired) electrons. The number of halogens is 7. The predicted octanol–water partition coefficient (Wildman–Crippen LogP) is 4.50. The smallest absolute Gasteiger partial charge is 0.314 e. The van der Waals surface area contributed by atoms with Gasteiger partial charge in [0.25, 0.3) is 0 Å². The first-order chi connectivity index (χ1) is 10.6. The lowest BCUT2D eigenvalue weighted by Gasteiger charge is -2.36. The van der Waals surface area contributed by atoms with Crippen LogP contribution in [0, 0.1) is 0 Å². The molecule has 0 unspecified atom stereocenters. The van der Waals surface area contributed by atoms with E-state index in [4.69, 9.17) is 0 Å². The van der Waals surface area contributed by atoms with Crippen molar-refractivity contribution in [1.29, 1.82) is 0 Å². The van der Waals surface area contributed by atoms with Crippen molar-refractivity contribution in [3.05, 3.63) is 34.9 Å². The zero-order chi connectivity index (χ0) is 17.3. The molecule has 1 fully saturated rings. The van der Waals surface area contributed by atoms with Crippen LogP contribution in [0.1, 0.15) is 36.1 Å². The first kappa shape index (κ1) is 21.1. The van der Waals surface area contributed by atoms with Crippen molar-refractivity contribution in [2.45, 2.75) is 31.7 Å². The number of benzene rings is 1. The Balaban J connectivity index is 0.00000288. The molecule has 2 rings (SSSR count). The molecule has 1 saturated heterocycles. The minimum Gasteiger partial charge on any atom is -0.314 e. The second kappa shape index (κ2) is 7.93. The Morgan fingerprint density at radius 3 is 2.08 bits per heavy atom. The fraction of sp³-hybridized carbons (Fsp3) is 0.600. The summed E-state index contributed by atoms with van der Waals surface area (Å²) in [7, 11) is 0. The van der Waals surface area contributed by atoms with Crippen molar-refractivity contribution >= 4 is 12.4 Å². The van der Waals surface area contributed by atoms with Crippen molar-refractivity contribution in [3.63, 3.8) is 0 Å². The Hall–Kier alpha value is -0.990.